The minimum atomic E-state index is -0.373. The molecule has 1 heterocycles. The van der Waals surface area contributed by atoms with E-state index in [0.717, 1.165) is 12.8 Å². The van der Waals surface area contributed by atoms with Crippen molar-refractivity contribution in [2.45, 2.75) is 25.3 Å². The molecule has 1 aliphatic carbocycles. The van der Waals surface area contributed by atoms with Gasteiger partial charge in [-0.15, -0.1) is 0 Å². The van der Waals surface area contributed by atoms with E-state index < -0.39 is 0 Å². The van der Waals surface area contributed by atoms with E-state index in [4.69, 9.17) is 5.73 Å². The van der Waals surface area contributed by atoms with Crippen molar-refractivity contribution >= 4 is 0 Å². The highest BCUT2D eigenvalue weighted by Crippen LogP contribution is 2.42. The maximum Gasteiger partial charge on any atom is 0.328 e. The molecule has 0 aliphatic heterocycles. The van der Waals surface area contributed by atoms with Crippen LogP contribution in [0.3, 0.4) is 0 Å². The number of aromatic nitrogens is 2. The van der Waals surface area contributed by atoms with Crippen molar-refractivity contribution < 1.29 is 0 Å². The van der Waals surface area contributed by atoms with Crippen molar-refractivity contribution in [2.24, 2.45) is 11.7 Å². The third-order valence-corrected chi connectivity index (χ3v) is 3.24. The van der Waals surface area contributed by atoms with Crippen molar-refractivity contribution in [3.63, 3.8) is 0 Å². The number of hydrogen-bond donors (Lipinski definition) is 2. The first-order chi connectivity index (χ1) is 7.08. The van der Waals surface area contributed by atoms with Crippen LogP contribution in [-0.2, 0) is 5.54 Å². The van der Waals surface area contributed by atoms with Gasteiger partial charge in [-0.25, -0.2) is 4.79 Å². The van der Waals surface area contributed by atoms with E-state index in [1.54, 1.807) is 4.57 Å². The number of nitrogens with zero attached hydrogens (tertiary/aromatic N) is 1. The quantitative estimate of drug-likeness (QED) is 0.712. The molecule has 15 heavy (non-hydrogen) atoms. The number of nitrogens with two attached hydrogens (primary N) is 1. The molecule has 5 nitrogen and oxygen atoms in total. The molecule has 0 aromatic carbocycles. The standard InChI is InChI=1S/C10H15N3O2/c1-10(6-11,7-2-3-7)13-5-4-8(14)12-9(13)15/h4-5,7H,2-3,6,11H2,1H3,(H,12,14,15). The molecular weight excluding hydrogens is 194 g/mol. The van der Waals surface area contributed by atoms with Gasteiger partial charge in [-0.05, 0) is 25.7 Å². The predicted octanol–water partition coefficient (Wildman–Crippen LogP) is -0.379. The smallest absolute Gasteiger partial charge is 0.328 e. The molecule has 0 radical (unpaired) electrons. The normalized spacial score (nSPS) is 19.9. The number of rotatable bonds is 3. The molecule has 0 spiro atoms. The van der Waals surface area contributed by atoms with Crippen LogP contribution in [0, 0.1) is 5.92 Å². The van der Waals surface area contributed by atoms with Gasteiger partial charge < -0.3 is 5.73 Å². The molecule has 1 fully saturated rings. The Balaban J connectivity index is 2.51. The highest BCUT2D eigenvalue weighted by atomic mass is 16.2. The molecule has 1 aromatic heterocycles. The van der Waals surface area contributed by atoms with Gasteiger partial charge in [0, 0.05) is 18.8 Å². The lowest BCUT2D eigenvalue weighted by Gasteiger charge is -2.30. The summed E-state index contributed by atoms with van der Waals surface area (Å²) in [7, 11) is 0. The highest BCUT2D eigenvalue weighted by Gasteiger charge is 2.42. The SMILES string of the molecule is CC(CN)(C1CC1)n1ccc(=O)[nH]c1=O. The summed E-state index contributed by atoms with van der Waals surface area (Å²) in [5.41, 5.74) is 4.63. The Labute approximate surface area is 86.9 Å². The summed E-state index contributed by atoms with van der Waals surface area (Å²) in [6.45, 7) is 2.37. The topological polar surface area (TPSA) is 80.9 Å². The van der Waals surface area contributed by atoms with E-state index in [-0.39, 0.29) is 16.8 Å². The molecule has 82 valence electrons. The van der Waals surface area contributed by atoms with Crippen LogP contribution < -0.4 is 17.0 Å². The minimum Gasteiger partial charge on any atom is -0.328 e. The Morgan fingerprint density at radius 3 is 2.73 bits per heavy atom. The third-order valence-electron chi connectivity index (χ3n) is 3.24. The predicted molar refractivity (Wildman–Crippen MR) is 56.7 cm³/mol. The highest BCUT2D eigenvalue weighted by molar-refractivity contribution is 5.00. The lowest BCUT2D eigenvalue weighted by molar-refractivity contribution is 0.268. The maximum atomic E-state index is 11.6. The average molecular weight is 209 g/mol. The molecule has 3 N–H and O–H groups in total. The zero-order valence-corrected chi connectivity index (χ0v) is 8.69. The van der Waals surface area contributed by atoms with Gasteiger partial charge in [-0.2, -0.15) is 0 Å². The van der Waals surface area contributed by atoms with Gasteiger partial charge in [-0.3, -0.25) is 14.3 Å². The Bertz CT molecular complexity index is 472. The molecule has 1 aliphatic rings. The molecule has 1 saturated carbocycles. The van der Waals surface area contributed by atoms with Crippen molar-refractivity contribution in [3.05, 3.63) is 33.1 Å². The Kier molecular flexibility index (Phi) is 2.26. The van der Waals surface area contributed by atoms with Gasteiger partial charge in [0.2, 0.25) is 0 Å². The molecule has 1 aromatic rings. The van der Waals surface area contributed by atoms with Crippen molar-refractivity contribution in [1.29, 1.82) is 0 Å². The van der Waals surface area contributed by atoms with Crippen LogP contribution in [0.1, 0.15) is 19.8 Å². The van der Waals surface area contributed by atoms with E-state index in [2.05, 4.69) is 4.98 Å². The van der Waals surface area contributed by atoms with Crippen molar-refractivity contribution in [1.82, 2.24) is 9.55 Å². The Morgan fingerprint density at radius 2 is 2.27 bits per heavy atom. The molecular formula is C10H15N3O2. The summed E-state index contributed by atoms with van der Waals surface area (Å²) >= 11 is 0. The van der Waals surface area contributed by atoms with Gasteiger partial charge in [-0.1, -0.05) is 0 Å². The minimum absolute atomic E-state index is 0.360. The van der Waals surface area contributed by atoms with Gasteiger partial charge in [0.05, 0.1) is 5.54 Å². The first-order valence-corrected chi connectivity index (χ1v) is 5.10. The monoisotopic (exact) mass is 209 g/mol. The van der Waals surface area contributed by atoms with Crippen molar-refractivity contribution in [3.8, 4) is 0 Å². The lowest BCUT2D eigenvalue weighted by Crippen LogP contribution is -2.47. The van der Waals surface area contributed by atoms with Crippen LogP contribution in [-0.4, -0.2) is 16.1 Å². The average Bonchev–Trinajstić information content (AvgIpc) is 3.00. The summed E-state index contributed by atoms with van der Waals surface area (Å²) in [6, 6.07) is 1.36. The fraction of sp³-hybridized carbons (Fsp3) is 0.600. The van der Waals surface area contributed by atoms with E-state index in [1.807, 2.05) is 6.92 Å². The maximum absolute atomic E-state index is 11.6. The fourth-order valence-corrected chi connectivity index (χ4v) is 1.99. The van der Waals surface area contributed by atoms with E-state index >= 15 is 0 Å². The summed E-state index contributed by atoms with van der Waals surface area (Å²) in [5, 5.41) is 0. The molecule has 1 unspecified atom stereocenters. The third kappa shape index (κ3) is 1.63. The number of nitrogens with one attached hydrogen (secondary N) is 1. The lowest BCUT2D eigenvalue weighted by atomic mass is 9.95. The summed E-state index contributed by atoms with van der Waals surface area (Å²) < 4.78 is 1.55. The number of hydrogen-bond acceptors (Lipinski definition) is 3. The van der Waals surface area contributed by atoms with Gasteiger partial charge in [0.1, 0.15) is 0 Å². The molecule has 0 amide bonds. The molecule has 2 rings (SSSR count). The number of H-pyrrole nitrogens is 1. The second-order valence-corrected chi connectivity index (χ2v) is 4.32. The summed E-state index contributed by atoms with van der Waals surface area (Å²) in [6.07, 6.45) is 3.73. The second kappa shape index (κ2) is 3.34. The van der Waals surface area contributed by atoms with Crippen LogP contribution >= 0.6 is 0 Å². The molecule has 0 bridgehead atoms. The van der Waals surface area contributed by atoms with E-state index in [1.165, 1.54) is 12.3 Å². The zero-order chi connectivity index (χ0) is 11.1. The van der Waals surface area contributed by atoms with Gasteiger partial charge in [0.25, 0.3) is 5.56 Å². The van der Waals surface area contributed by atoms with Crippen LogP contribution in [0.5, 0.6) is 0 Å². The molecule has 0 saturated heterocycles. The van der Waals surface area contributed by atoms with Crippen LogP contribution in [0.4, 0.5) is 0 Å². The molecule has 5 heteroatoms. The Morgan fingerprint density at radius 1 is 1.60 bits per heavy atom. The van der Waals surface area contributed by atoms with E-state index in [9.17, 15) is 9.59 Å². The summed E-state index contributed by atoms with van der Waals surface area (Å²) in [4.78, 5) is 24.8. The van der Waals surface area contributed by atoms with Crippen LogP contribution in [0.25, 0.3) is 0 Å². The fourth-order valence-electron chi connectivity index (χ4n) is 1.99. The first kappa shape index (κ1) is 10.2. The zero-order valence-electron chi connectivity index (χ0n) is 8.69. The first-order valence-electron chi connectivity index (χ1n) is 5.10. The molecule has 1 atom stereocenters. The largest absolute Gasteiger partial charge is 0.328 e. The van der Waals surface area contributed by atoms with Crippen LogP contribution in [0.2, 0.25) is 0 Å². The van der Waals surface area contributed by atoms with Gasteiger partial charge in [0.15, 0.2) is 0 Å². The van der Waals surface area contributed by atoms with E-state index in [0.29, 0.717) is 12.5 Å². The van der Waals surface area contributed by atoms with Gasteiger partial charge >= 0.3 is 5.69 Å². The Hall–Kier alpha value is -1.36. The van der Waals surface area contributed by atoms with Crippen LogP contribution in [0.15, 0.2) is 21.9 Å². The number of aromatic amines is 1. The van der Waals surface area contributed by atoms with Crippen molar-refractivity contribution in [2.75, 3.05) is 6.54 Å². The summed E-state index contributed by atoms with van der Waals surface area (Å²) in [5.74, 6) is 0.450. The second-order valence-electron chi connectivity index (χ2n) is 4.32.